The SMILES string of the molecule is C[C@@H](NC(=O)COc1ccc([C@@H]2Nc3ccccc3S(=O)(=O)N2Cc2ccccc2)cc1)c1ccccc1. The Morgan fingerprint density at radius 3 is 2.24 bits per heavy atom. The number of ether oxygens (including phenoxy) is 1. The minimum Gasteiger partial charge on any atom is -0.484 e. The Balaban J connectivity index is 1.31. The van der Waals surface area contributed by atoms with Gasteiger partial charge in [-0.1, -0.05) is 84.9 Å². The molecule has 4 aromatic carbocycles. The van der Waals surface area contributed by atoms with Crippen LogP contribution in [0.15, 0.2) is 114 Å². The minimum atomic E-state index is -3.76. The summed E-state index contributed by atoms with van der Waals surface area (Å²) in [6.07, 6.45) is -0.612. The highest BCUT2D eigenvalue weighted by Gasteiger charge is 2.38. The molecule has 0 fully saturated rings. The highest BCUT2D eigenvalue weighted by atomic mass is 32.2. The first kappa shape index (κ1) is 25.5. The summed E-state index contributed by atoms with van der Waals surface area (Å²) in [5, 5.41) is 6.32. The Labute approximate surface area is 223 Å². The molecule has 4 aromatic rings. The van der Waals surface area contributed by atoms with Crippen molar-refractivity contribution in [2.75, 3.05) is 11.9 Å². The van der Waals surface area contributed by atoms with Gasteiger partial charge in [0.15, 0.2) is 6.61 Å². The maximum absolute atomic E-state index is 13.6. The van der Waals surface area contributed by atoms with E-state index >= 15 is 0 Å². The van der Waals surface area contributed by atoms with E-state index in [4.69, 9.17) is 4.74 Å². The first-order valence-electron chi connectivity index (χ1n) is 12.4. The number of carbonyl (C=O) groups excluding carboxylic acids is 1. The molecule has 0 aromatic heterocycles. The number of benzene rings is 4. The molecule has 194 valence electrons. The molecule has 0 unspecified atom stereocenters. The van der Waals surface area contributed by atoms with Crippen LogP contribution in [0.1, 0.15) is 35.8 Å². The second-order valence-corrected chi connectivity index (χ2v) is 11.0. The van der Waals surface area contributed by atoms with E-state index in [1.807, 2.05) is 85.8 Å². The fraction of sp³-hybridized carbons (Fsp3) is 0.167. The highest BCUT2D eigenvalue weighted by Crippen LogP contribution is 2.39. The Kier molecular flexibility index (Phi) is 7.44. The predicted molar refractivity (Wildman–Crippen MR) is 147 cm³/mol. The molecule has 0 saturated heterocycles. The van der Waals surface area contributed by atoms with Crippen molar-refractivity contribution in [3.63, 3.8) is 0 Å². The number of para-hydroxylation sites is 1. The van der Waals surface area contributed by atoms with Gasteiger partial charge in [0, 0.05) is 6.54 Å². The van der Waals surface area contributed by atoms with Crippen molar-refractivity contribution in [2.45, 2.75) is 30.6 Å². The molecule has 1 aliphatic rings. The van der Waals surface area contributed by atoms with Crippen LogP contribution in [0.25, 0.3) is 0 Å². The zero-order valence-corrected chi connectivity index (χ0v) is 21.8. The van der Waals surface area contributed by atoms with Gasteiger partial charge in [-0.15, -0.1) is 0 Å². The fourth-order valence-corrected chi connectivity index (χ4v) is 6.17. The Bertz CT molecular complexity index is 1490. The highest BCUT2D eigenvalue weighted by molar-refractivity contribution is 7.89. The average molecular weight is 528 g/mol. The summed E-state index contributed by atoms with van der Waals surface area (Å²) in [7, 11) is -3.76. The first-order valence-corrected chi connectivity index (χ1v) is 13.8. The van der Waals surface area contributed by atoms with E-state index in [2.05, 4.69) is 10.6 Å². The van der Waals surface area contributed by atoms with Crippen molar-refractivity contribution in [3.05, 3.63) is 126 Å². The molecule has 1 heterocycles. The quantitative estimate of drug-likeness (QED) is 0.327. The van der Waals surface area contributed by atoms with Crippen LogP contribution in [0.2, 0.25) is 0 Å². The van der Waals surface area contributed by atoms with Gasteiger partial charge in [0.1, 0.15) is 16.8 Å². The summed E-state index contributed by atoms with van der Waals surface area (Å²) in [4.78, 5) is 12.7. The van der Waals surface area contributed by atoms with Crippen LogP contribution in [0.5, 0.6) is 5.75 Å². The summed E-state index contributed by atoms with van der Waals surface area (Å²) in [6.45, 7) is 2.01. The molecule has 0 radical (unpaired) electrons. The number of fused-ring (bicyclic) bond motifs is 1. The molecular formula is C30H29N3O4S. The van der Waals surface area contributed by atoms with Crippen molar-refractivity contribution >= 4 is 21.6 Å². The Morgan fingerprint density at radius 2 is 1.53 bits per heavy atom. The number of hydrogen-bond acceptors (Lipinski definition) is 5. The van der Waals surface area contributed by atoms with Gasteiger partial charge in [0.05, 0.1) is 11.7 Å². The topological polar surface area (TPSA) is 87.7 Å². The Morgan fingerprint density at radius 1 is 0.895 bits per heavy atom. The molecule has 38 heavy (non-hydrogen) atoms. The van der Waals surface area contributed by atoms with Gasteiger partial charge in [0.25, 0.3) is 5.91 Å². The summed E-state index contributed by atoms with van der Waals surface area (Å²) >= 11 is 0. The van der Waals surface area contributed by atoms with Gasteiger partial charge in [0.2, 0.25) is 10.0 Å². The van der Waals surface area contributed by atoms with E-state index in [9.17, 15) is 13.2 Å². The van der Waals surface area contributed by atoms with Crippen LogP contribution in [0, 0.1) is 0 Å². The number of carbonyl (C=O) groups is 1. The van der Waals surface area contributed by atoms with Crippen LogP contribution in [-0.4, -0.2) is 25.2 Å². The number of amides is 1. The van der Waals surface area contributed by atoms with Crippen molar-refractivity contribution < 1.29 is 17.9 Å². The molecular weight excluding hydrogens is 498 g/mol. The van der Waals surface area contributed by atoms with Crippen molar-refractivity contribution in [1.29, 1.82) is 0 Å². The summed E-state index contributed by atoms with van der Waals surface area (Å²) in [5.41, 5.74) is 3.22. The zero-order valence-electron chi connectivity index (χ0n) is 20.9. The third-order valence-corrected chi connectivity index (χ3v) is 8.35. The van der Waals surface area contributed by atoms with Crippen molar-refractivity contribution in [1.82, 2.24) is 9.62 Å². The standard InChI is InChI=1S/C30H29N3O4S/c1-22(24-12-6-3-7-13-24)31-29(34)21-37-26-18-16-25(17-19-26)30-32-27-14-8-9-15-28(27)38(35,36)33(30)20-23-10-4-2-5-11-23/h2-19,22,30,32H,20-21H2,1H3,(H,31,34)/t22-,30-/m1/s1. The molecule has 5 rings (SSSR count). The normalized spacial score (nSPS) is 17.0. The molecule has 1 amide bonds. The van der Waals surface area contributed by atoms with E-state index in [-0.39, 0.29) is 30.0 Å². The van der Waals surface area contributed by atoms with E-state index in [0.29, 0.717) is 11.4 Å². The van der Waals surface area contributed by atoms with Gasteiger partial charge < -0.3 is 15.4 Å². The number of anilines is 1. The number of nitrogens with zero attached hydrogens (tertiary/aromatic N) is 1. The first-order chi connectivity index (χ1) is 18.4. The van der Waals surface area contributed by atoms with Gasteiger partial charge >= 0.3 is 0 Å². The third kappa shape index (κ3) is 5.56. The predicted octanol–water partition coefficient (Wildman–Crippen LogP) is 5.26. The van der Waals surface area contributed by atoms with E-state index in [0.717, 1.165) is 16.7 Å². The van der Waals surface area contributed by atoms with Crippen LogP contribution in [-0.2, 0) is 21.4 Å². The molecule has 0 saturated carbocycles. The van der Waals surface area contributed by atoms with Crippen LogP contribution in [0.3, 0.4) is 0 Å². The van der Waals surface area contributed by atoms with E-state index < -0.39 is 16.2 Å². The van der Waals surface area contributed by atoms with E-state index in [1.165, 1.54) is 4.31 Å². The Hall–Kier alpha value is -4.14. The van der Waals surface area contributed by atoms with Crippen LogP contribution >= 0.6 is 0 Å². The summed E-state index contributed by atoms with van der Waals surface area (Å²) in [6, 6.07) is 33.2. The van der Waals surface area contributed by atoms with Gasteiger partial charge in [-0.25, -0.2) is 8.42 Å². The summed E-state index contributed by atoms with van der Waals surface area (Å²) < 4.78 is 34.5. The fourth-order valence-electron chi connectivity index (χ4n) is 4.49. The molecule has 2 atom stereocenters. The second-order valence-electron chi connectivity index (χ2n) is 9.14. The minimum absolute atomic E-state index is 0.125. The van der Waals surface area contributed by atoms with Gasteiger partial charge in [-0.2, -0.15) is 4.31 Å². The molecule has 0 bridgehead atoms. The number of nitrogens with one attached hydrogen (secondary N) is 2. The zero-order chi connectivity index (χ0) is 26.5. The summed E-state index contributed by atoms with van der Waals surface area (Å²) in [5.74, 6) is 0.293. The lowest BCUT2D eigenvalue weighted by atomic mass is 10.1. The monoisotopic (exact) mass is 527 g/mol. The number of rotatable bonds is 8. The molecule has 0 spiro atoms. The lowest BCUT2D eigenvalue weighted by Crippen LogP contribution is -2.42. The maximum atomic E-state index is 13.6. The van der Waals surface area contributed by atoms with Crippen molar-refractivity contribution in [3.8, 4) is 5.75 Å². The van der Waals surface area contributed by atoms with Crippen LogP contribution in [0.4, 0.5) is 5.69 Å². The van der Waals surface area contributed by atoms with Gasteiger partial charge in [-0.05, 0) is 47.9 Å². The molecule has 7 nitrogen and oxygen atoms in total. The third-order valence-electron chi connectivity index (χ3n) is 6.48. The number of hydrogen-bond donors (Lipinski definition) is 2. The van der Waals surface area contributed by atoms with Crippen molar-refractivity contribution in [2.24, 2.45) is 0 Å². The lowest BCUT2D eigenvalue weighted by Gasteiger charge is -2.37. The maximum Gasteiger partial charge on any atom is 0.258 e. The molecule has 8 heteroatoms. The van der Waals surface area contributed by atoms with E-state index in [1.54, 1.807) is 30.3 Å². The molecule has 1 aliphatic heterocycles. The molecule has 2 N–H and O–H groups in total. The molecule has 0 aliphatic carbocycles. The van der Waals surface area contributed by atoms with Gasteiger partial charge in [-0.3, -0.25) is 4.79 Å². The largest absolute Gasteiger partial charge is 0.484 e. The average Bonchev–Trinajstić information content (AvgIpc) is 2.95. The number of sulfonamides is 1. The van der Waals surface area contributed by atoms with Crippen LogP contribution < -0.4 is 15.4 Å². The second kappa shape index (κ2) is 11.1. The smallest absolute Gasteiger partial charge is 0.258 e. The lowest BCUT2D eigenvalue weighted by molar-refractivity contribution is -0.123.